The van der Waals surface area contributed by atoms with E-state index < -0.39 is 14.2 Å². The first kappa shape index (κ1) is 11.5. The van der Waals surface area contributed by atoms with E-state index >= 15 is 0 Å². The minimum absolute atomic E-state index is 0.458. The highest BCUT2D eigenvalue weighted by Crippen LogP contribution is 2.49. The minimum atomic E-state index is -3.43. The third-order valence-corrected chi connectivity index (χ3v) is 3.25. The van der Waals surface area contributed by atoms with Gasteiger partial charge in [0, 0.05) is 40.7 Å². The van der Waals surface area contributed by atoms with E-state index in [1.54, 1.807) is 36.3 Å². The van der Waals surface area contributed by atoms with Gasteiger partial charge in [0.1, 0.15) is 0 Å². The second-order valence-electron chi connectivity index (χ2n) is 2.87. The Kier molecular flexibility index (Phi) is 3.55. The van der Waals surface area contributed by atoms with E-state index in [-0.39, 0.29) is 0 Å². The summed E-state index contributed by atoms with van der Waals surface area (Å²) < 4.78 is 26.2. The van der Waals surface area contributed by atoms with E-state index in [2.05, 4.69) is 9.05 Å². The quantitative estimate of drug-likeness (QED) is 0.662. The van der Waals surface area contributed by atoms with Crippen molar-refractivity contribution in [2.45, 2.75) is 6.35 Å². The van der Waals surface area contributed by atoms with E-state index in [1.807, 2.05) is 0 Å². The van der Waals surface area contributed by atoms with Crippen molar-refractivity contribution in [1.29, 1.82) is 0 Å². The lowest BCUT2D eigenvalue weighted by Gasteiger charge is -2.28. The fourth-order valence-electron chi connectivity index (χ4n) is 1.07. The molecule has 0 aromatic carbocycles. The van der Waals surface area contributed by atoms with Crippen molar-refractivity contribution >= 4 is 7.82 Å². The molecule has 0 radical (unpaired) electrons. The largest absolute Gasteiger partial charge is 0.477 e. The number of hydrogen-bond acceptors (Lipinski definition) is 6. The van der Waals surface area contributed by atoms with Gasteiger partial charge in [0.05, 0.1) is 0 Å². The van der Waals surface area contributed by atoms with Crippen molar-refractivity contribution in [3.63, 3.8) is 0 Å². The van der Waals surface area contributed by atoms with Crippen LogP contribution in [-0.2, 0) is 18.1 Å². The molecule has 0 aliphatic carbocycles. The van der Waals surface area contributed by atoms with Crippen LogP contribution in [0.1, 0.15) is 0 Å². The predicted molar refractivity (Wildman–Crippen MR) is 51.2 cm³/mol. The van der Waals surface area contributed by atoms with Gasteiger partial charge < -0.3 is 9.80 Å². The van der Waals surface area contributed by atoms with Crippen molar-refractivity contribution in [3.05, 3.63) is 12.4 Å². The maximum absolute atomic E-state index is 11.7. The third-order valence-electron chi connectivity index (χ3n) is 1.90. The van der Waals surface area contributed by atoms with Crippen LogP contribution in [0.25, 0.3) is 0 Å². The number of rotatable bonds is 4. The number of phosphoric ester groups is 1. The second kappa shape index (κ2) is 4.31. The predicted octanol–water partition coefficient (Wildman–Crippen LogP) is 1.04. The standard InChI is InChI=1S/C7H15N2O4P/c1-8-5-6-9(2)7(8)13-14(10,11-3)12-4/h5-7H,1-4H3. The van der Waals surface area contributed by atoms with Crippen LogP contribution >= 0.6 is 7.82 Å². The smallest absolute Gasteiger partial charge is 0.337 e. The molecule has 0 unspecified atom stereocenters. The average Bonchev–Trinajstić information content (AvgIpc) is 2.49. The van der Waals surface area contributed by atoms with Crippen molar-refractivity contribution < 1.29 is 18.1 Å². The van der Waals surface area contributed by atoms with Crippen LogP contribution in [0.3, 0.4) is 0 Å². The molecule has 1 heterocycles. The molecule has 6 nitrogen and oxygen atoms in total. The summed E-state index contributed by atoms with van der Waals surface area (Å²) in [4.78, 5) is 3.51. The van der Waals surface area contributed by atoms with Gasteiger partial charge in [-0.2, -0.15) is 0 Å². The molecule has 0 saturated heterocycles. The van der Waals surface area contributed by atoms with E-state index in [0.717, 1.165) is 0 Å². The molecule has 0 N–H and O–H groups in total. The van der Waals surface area contributed by atoms with Gasteiger partial charge in [-0.25, -0.2) is 9.09 Å². The molecule has 82 valence electrons. The molecular weight excluding hydrogens is 207 g/mol. The van der Waals surface area contributed by atoms with Crippen molar-refractivity contribution in [2.24, 2.45) is 0 Å². The van der Waals surface area contributed by atoms with E-state index in [1.165, 1.54) is 14.2 Å². The molecule has 0 saturated carbocycles. The zero-order valence-corrected chi connectivity index (χ0v) is 9.60. The first-order valence-corrected chi connectivity index (χ1v) is 5.50. The summed E-state index contributed by atoms with van der Waals surface area (Å²) in [6.45, 7) is 0. The summed E-state index contributed by atoms with van der Waals surface area (Å²) in [5.41, 5.74) is 0. The molecule has 0 aromatic rings. The lowest BCUT2D eigenvalue weighted by molar-refractivity contribution is -0.0291. The Morgan fingerprint density at radius 1 is 1.14 bits per heavy atom. The van der Waals surface area contributed by atoms with Crippen LogP contribution in [-0.4, -0.2) is 44.5 Å². The first-order valence-electron chi connectivity index (χ1n) is 4.04. The molecule has 0 aromatic heterocycles. The molecule has 0 spiro atoms. The molecule has 0 bridgehead atoms. The molecule has 0 amide bonds. The highest BCUT2D eigenvalue weighted by atomic mass is 31.2. The van der Waals surface area contributed by atoms with E-state index in [4.69, 9.17) is 4.52 Å². The van der Waals surface area contributed by atoms with Gasteiger partial charge in [-0.05, 0) is 0 Å². The zero-order valence-electron chi connectivity index (χ0n) is 8.71. The molecule has 7 heteroatoms. The Balaban J connectivity index is 2.64. The maximum atomic E-state index is 11.7. The molecule has 1 aliphatic rings. The van der Waals surface area contributed by atoms with Crippen LogP contribution in [0.15, 0.2) is 12.4 Å². The fraction of sp³-hybridized carbons (Fsp3) is 0.714. The summed E-state index contributed by atoms with van der Waals surface area (Å²) in [7, 11) is 2.75. The van der Waals surface area contributed by atoms with Gasteiger partial charge in [-0.1, -0.05) is 0 Å². The van der Waals surface area contributed by atoms with Crippen LogP contribution in [0, 0.1) is 0 Å². The van der Waals surface area contributed by atoms with Crippen LogP contribution < -0.4 is 0 Å². The molecule has 14 heavy (non-hydrogen) atoms. The van der Waals surface area contributed by atoms with Crippen LogP contribution in [0.5, 0.6) is 0 Å². The van der Waals surface area contributed by atoms with Crippen molar-refractivity contribution in [1.82, 2.24) is 9.80 Å². The van der Waals surface area contributed by atoms with Gasteiger partial charge in [0.15, 0.2) is 0 Å². The second-order valence-corrected chi connectivity index (χ2v) is 4.71. The Morgan fingerprint density at radius 2 is 1.57 bits per heavy atom. The Bertz CT molecular complexity index is 250. The lowest BCUT2D eigenvalue weighted by atomic mass is 10.8. The highest BCUT2D eigenvalue weighted by Gasteiger charge is 2.33. The summed E-state index contributed by atoms with van der Waals surface area (Å²) in [5, 5.41) is 0. The summed E-state index contributed by atoms with van der Waals surface area (Å²) in [5.74, 6) is 0. The molecule has 0 fully saturated rings. The van der Waals surface area contributed by atoms with Crippen LogP contribution in [0.4, 0.5) is 0 Å². The Labute approximate surface area is 83.6 Å². The van der Waals surface area contributed by atoms with Gasteiger partial charge in [-0.3, -0.25) is 9.05 Å². The SMILES string of the molecule is COP(=O)(OC)OC1N(C)C=CN1C. The summed E-state index contributed by atoms with van der Waals surface area (Å²) in [6.07, 6.45) is 3.15. The molecular formula is C7H15N2O4P. The number of nitrogens with zero attached hydrogens (tertiary/aromatic N) is 2. The monoisotopic (exact) mass is 222 g/mol. The zero-order chi connectivity index (χ0) is 10.8. The minimum Gasteiger partial charge on any atom is -0.337 e. The average molecular weight is 222 g/mol. The molecule has 0 atom stereocenters. The Morgan fingerprint density at radius 3 is 1.93 bits per heavy atom. The Hall–Kier alpha value is -0.550. The van der Waals surface area contributed by atoms with Gasteiger partial charge in [-0.15, -0.1) is 0 Å². The van der Waals surface area contributed by atoms with Crippen LogP contribution in [0.2, 0.25) is 0 Å². The number of phosphoric acid groups is 1. The third kappa shape index (κ3) is 2.27. The summed E-state index contributed by atoms with van der Waals surface area (Å²) in [6, 6.07) is 0. The van der Waals surface area contributed by atoms with Gasteiger partial charge in [0.25, 0.3) is 0 Å². The summed E-state index contributed by atoms with van der Waals surface area (Å²) >= 11 is 0. The fourth-order valence-corrected chi connectivity index (χ4v) is 1.92. The van der Waals surface area contributed by atoms with E-state index in [9.17, 15) is 4.57 Å². The maximum Gasteiger partial charge on any atom is 0.477 e. The first-order chi connectivity index (χ1) is 6.52. The van der Waals surface area contributed by atoms with E-state index in [0.29, 0.717) is 0 Å². The van der Waals surface area contributed by atoms with Crippen molar-refractivity contribution in [2.75, 3.05) is 28.3 Å². The number of hydrogen-bond donors (Lipinski definition) is 0. The highest BCUT2D eigenvalue weighted by molar-refractivity contribution is 7.48. The van der Waals surface area contributed by atoms with Crippen molar-refractivity contribution in [3.8, 4) is 0 Å². The van der Waals surface area contributed by atoms with Gasteiger partial charge >= 0.3 is 7.82 Å². The topological polar surface area (TPSA) is 51.2 Å². The normalized spacial score (nSPS) is 18.3. The molecule has 1 rings (SSSR count). The van der Waals surface area contributed by atoms with Gasteiger partial charge in [0.2, 0.25) is 6.35 Å². The molecule has 1 aliphatic heterocycles. The lowest BCUT2D eigenvalue weighted by Crippen LogP contribution is -2.36.